The molecule has 5 heteroatoms. The summed E-state index contributed by atoms with van der Waals surface area (Å²) < 4.78 is 0. The van der Waals surface area contributed by atoms with Gasteiger partial charge in [0.05, 0.1) is 12.1 Å². The summed E-state index contributed by atoms with van der Waals surface area (Å²) in [5, 5.41) is 5.86. The number of nitrogens with one attached hydrogen (secondary N) is 2. The highest BCUT2D eigenvalue weighted by atomic mass is 16.2. The van der Waals surface area contributed by atoms with Crippen LogP contribution in [0.2, 0.25) is 0 Å². The lowest BCUT2D eigenvalue weighted by Gasteiger charge is -2.29. The van der Waals surface area contributed by atoms with E-state index >= 15 is 0 Å². The molecule has 0 aliphatic heterocycles. The Bertz CT molecular complexity index is 457. The highest BCUT2D eigenvalue weighted by Gasteiger charge is 2.29. The molecule has 1 rings (SSSR count). The summed E-state index contributed by atoms with van der Waals surface area (Å²) in [5.74, 6) is -0.318. The number of carbonyl (C=O) groups excluding carboxylic acids is 2. The van der Waals surface area contributed by atoms with Crippen molar-refractivity contribution >= 4 is 17.5 Å². The van der Waals surface area contributed by atoms with E-state index < -0.39 is 5.54 Å². The van der Waals surface area contributed by atoms with Crippen molar-refractivity contribution in [1.82, 2.24) is 10.2 Å². The van der Waals surface area contributed by atoms with E-state index in [-0.39, 0.29) is 18.4 Å². The molecule has 0 bridgehead atoms. The van der Waals surface area contributed by atoms with Gasteiger partial charge in [0, 0.05) is 12.7 Å². The van der Waals surface area contributed by atoms with Crippen molar-refractivity contribution < 1.29 is 9.59 Å². The summed E-state index contributed by atoms with van der Waals surface area (Å²) in [4.78, 5) is 25.5. The quantitative estimate of drug-likeness (QED) is 0.828. The summed E-state index contributed by atoms with van der Waals surface area (Å²) in [6.07, 6.45) is 0. The standard InChI is InChI=1S/C15H23N3O2/c1-5-16-15(2,3)14(20)18(4)11-13(19)17-12-9-7-6-8-10-12/h6-10,16H,5,11H2,1-4H3,(H,17,19). The number of carbonyl (C=O) groups is 2. The largest absolute Gasteiger partial charge is 0.335 e. The van der Waals surface area contributed by atoms with Crippen LogP contribution in [-0.2, 0) is 9.59 Å². The molecule has 0 radical (unpaired) electrons. The van der Waals surface area contributed by atoms with Gasteiger partial charge in [-0.05, 0) is 32.5 Å². The first-order valence-corrected chi connectivity index (χ1v) is 6.72. The number of rotatable bonds is 6. The molecule has 20 heavy (non-hydrogen) atoms. The molecule has 1 aromatic carbocycles. The van der Waals surface area contributed by atoms with E-state index in [4.69, 9.17) is 0 Å². The van der Waals surface area contributed by atoms with E-state index in [1.54, 1.807) is 7.05 Å². The first-order chi connectivity index (χ1) is 9.36. The van der Waals surface area contributed by atoms with E-state index in [0.717, 1.165) is 5.69 Å². The van der Waals surface area contributed by atoms with Crippen molar-refractivity contribution in [3.8, 4) is 0 Å². The molecule has 0 fully saturated rings. The maximum absolute atomic E-state index is 12.2. The number of hydrogen-bond acceptors (Lipinski definition) is 3. The third-order valence-electron chi connectivity index (χ3n) is 2.94. The van der Waals surface area contributed by atoms with Gasteiger partial charge in [0.25, 0.3) is 0 Å². The Labute approximate surface area is 120 Å². The molecule has 0 saturated heterocycles. The molecule has 110 valence electrons. The Morgan fingerprint density at radius 2 is 1.80 bits per heavy atom. The van der Waals surface area contributed by atoms with Gasteiger partial charge in [-0.25, -0.2) is 0 Å². The first-order valence-electron chi connectivity index (χ1n) is 6.72. The number of amides is 2. The summed E-state index contributed by atoms with van der Waals surface area (Å²) in [7, 11) is 1.63. The van der Waals surface area contributed by atoms with E-state index in [0.29, 0.717) is 6.54 Å². The van der Waals surface area contributed by atoms with Crippen LogP contribution in [0.4, 0.5) is 5.69 Å². The highest BCUT2D eigenvalue weighted by molar-refractivity contribution is 5.95. The molecule has 0 saturated carbocycles. The lowest BCUT2D eigenvalue weighted by Crippen LogP contribution is -2.54. The number of benzene rings is 1. The van der Waals surface area contributed by atoms with Crippen LogP contribution in [0.3, 0.4) is 0 Å². The Hall–Kier alpha value is -1.88. The number of nitrogens with zero attached hydrogens (tertiary/aromatic N) is 1. The van der Waals surface area contributed by atoms with Crippen LogP contribution in [0.1, 0.15) is 20.8 Å². The fourth-order valence-electron chi connectivity index (χ4n) is 2.00. The van der Waals surface area contributed by atoms with Crippen LogP contribution < -0.4 is 10.6 Å². The summed E-state index contributed by atoms with van der Waals surface area (Å²) in [6, 6.07) is 9.19. The van der Waals surface area contributed by atoms with Gasteiger partial charge in [0.2, 0.25) is 11.8 Å². The SMILES string of the molecule is CCNC(C)(C)C(=O)N(C)CC(=O)Nc1ccccc1. The third kappa shape index (κ3) is 4.66. The van der Waals surface area contributed by atoms with Crippen LogP contribution in [-0.4, -0.2) is 42.4 Å². The number of anilines is 1. The van der Waals surface area contributed by atoms with Crippen molar-refractivity contribution in [3.05, 3.63) is 30.3 Å². The lowest BCUT2D eigenvalue weighted by molar-refractivity contribution is -0.138. The molecule has 1 aromatic rings. The van der Waals surface area contributed by atoms with E-state index in [1.165, 1.54) is 4.90 Å². The van der Waals surface area contributed by atoms with Gasteiger partial charge >= 0.3 is 0 Å². The molecule has 2 N–H and O–H groups in total. The third-order valence-corrected chi connectivity index (χ3v) is 2.94. The van der Waals surface area contributed by atoms with Gasteiger partial charge < -0.3 is 15.5 Å². The van der Waals surface area contributed by atoms with Gasteiger partial charge in [-0.15, -0.1) is 0 Å². The molecular formula is C15H23N3O2. The van der Waals surface area contributed by atoms with Crippen molar-refractivity contribution in [3.63, 3.8) is 0 Å². The monoisotopic (exact) mass is 277 g/mol. The molecule has 2 amide bonds. The molecule has 0 spiro atoms. The van der Waals surface area contributed by atoms with Gasteiger partial charge in [0.15, 0.2) is 0 Å². The summed E-state index contributed by atoms with van der Waals surface area (Å²) in [6.45, 7) is 6.29. The predicted molar refractivity (Wildman–Crippen MR) is 80.5 cm³/mol. The zero-order valence-corrected chi connectivity index (χ0v) is 12.6. The average Bonchev–Trinajstić information content (AvgIpc) is 2.38. The van der Waals surface area contributed by atoms with Crippen molar-refractivity contribution in [2.75, 3.05) is 25.5 Å². The first kappa shape index (κ1) is 16.2. The zero-order chi connectivity index (χ0) is 15.2. The smallest absolute Gasteiger partial charge is 0.243 e. The second kappa shape index (κ2) is 7.05. The van der Waals surface area contributed by atoms with Gasteiger partial charge in [0.1, 0.15) is 0 Å². The molecule has 0 aromatic heterocycles. The molecule has 0 aliphatic rings. The topological polar surface area (TPSA) is 61.4 Å². The minimum atomic E-state index is -0.670. The fraction of sp³-hybridized carbons (Fsp3) is 0.467. The van der Waals surface area contributed by atoms with Crippen molar-refractivity contribution in [2.24, 2.45) is 0 Å². The van der Waals surface area contributed by atoms with E-state index in [9.17, 15) is 9.59 Å². The molecule has 0 aliphatic carbocycles. The van der Waals surface area contributed by atoms with Crippen LogP contribution in [0.25, 0.3) is 0 Å². The normalized spacial score (nSPS) is 11.0. The molecule has 5 nitrogen and oxygen atoms in total. The Morgan fingerprint density at radius 1 is 1.20 bits per heavy atom. The van der Waals surface area contributed by atoms with Gasteiger partial charge in [-0.2, -0.15) is 0 Å². The van der Waals surface area contributed by atoms with Gasteiger partial charge in [-0.1, -0.05) is 25.1 Å². The van der Waals surface area contributed by atoms with Crippen molar-refractivity contribution in [1.29, 1.82) is 0 Å². The minimum absolute atomic E-state index is 0.0303. The second-order valence-corrected chi connectivity index (χ2v) is 5.23. The zero-order valence-electron chi connectivity index (χ0n) is 12.6. The van der Waals surface area contributed by atoms with Crippen LogP contribution in [0.15, 0.2) is 30.3 Å². The Kier molecular flexibility index (Phi) is 5.70. The predicted octanol–water partition coefficient (Wildman–Crippen LogP) is 1.47. The maximum atomic E-state index is 12.2. The average molecular weight is 277 g/mol. The van der Waals surface area contributed by atoms with Crippen molar-refractivity contribution in [2.45, 2.75) is 26.3 Å². The molecule has 0 atom stereocenters. The van der Waals surface area contributed by atoms with Gasteiger partial charge in [-0.3, -0.25) is 9.59 Å². The number of hydrogen-bond donors (Lipinski definition) is 2. The summed E-state index contributed by atoms with van der Waals surface area (Å²) >= 11 is 0. The number of para-hydroxylation sites is 1. The molecule has 0 unspecified atom stereocenters. The fourth-order valence-corrected chi connectivity index (χ4v) is 2.00. The minimum Gasteiger partial charge on any atom is -0.335 e. The second-order valence-electron chi connectivity index (χ2n) is 5.23. The Morgan fingerprint density at radius 3 is 2.35 bits per heavy atom. The van der Waals surface area contributed by atoms with Crippen LogP contribution in [0.5, 0.6) is 0 Å². The van der Waals surface area contributed by atoms with E-state index in [1.807, 2.05) is 51.1 Å². The summed E-state index contributed by atoms with van der Waals surface area (Å²) in [5.41, 5.74) is 0.0561. The van der Waals surface area contributed by atoms with Crippen LogP contribution in [0, 0.1) is 0 Å². The number of likely N-dealkylation sites (N-methyl/N-ethyl adjacent to an activating group) is 2. The Balaban J connectivity index is 2.55. The maximum Gasteiger partial charge on any atom is 0.243 e. The molecule has 0 heterocycles. The lowest BCUT2D eigenvalue weighted by atomic mass is 10.0. The molecular weight excluding hydrogens is 254 g/mol. The van der Waals surface area contributed by atoms with E-state index in [2.05, 4.69) is 10.6 Å². The highest BCUT2D eigenvalue weighted by Crippen LogP contribution is 2.08. The van der Waals surface area contributed by atoms with Crippen LogP contribution >= 0.6 is 0 Å².